The van der Waals surface area contributed by atoms with Crippen LogP contribution >= 0.6 is 0 Å². The second-order valence-corrected chi connectivity index (χ2v) is 7.77. The summed E-state index contributed by atoms with van der Waals surface area (Å²) in [6.45, 7) is 6.23. The van der Waals surface area contributed by atoms with Crippen LogP contribution in [0, 0.1) is 11.8 Å². The van der Waals surface area contributed by atoms with Gasteiger partial charge in [-0.15, -0.1) is 0 Å². The lowest BCUT2D eigenvalue weighted by Gasteiger charge is -2.36. The molecule has 0 bridgehead atoms. The van der Waals surface area contributed by atoms with E-state index in [0.29, 0.717) is 24.3 Å². The van der Waals surface area contributed by atoms with Gasteiger partial charge < -0.3 is 14.7 Å². The van der Waals surface area contributed by atoms with Crippen LogP contribution in [0.25, 0.3) is 10.8 Å². The third-order valence-corrected chi connectivity index (χ3v) is 5.10. The van der Waals surface area contributed by atoms with Gasteiger partial charge in [0.1, 0.15) is 0 Å². The van der Waals surface area contributed by atoms with E-state index in [0.717, 1.165) is 29.3 Å². The summed E-state index contributed by atoms with van der Waals surface area (Å²) >= 11 is 0. The van der Waals surface area contributed by atoms with Crippen LogP contribution in [-0.2, 0) is 9.53 Å². The Balaban J connectivity index is 1.81. The van der Waals surface area contributed by atoms with Gasteiger partial charge in [0.25, 0.3) is 0 Å². The van der Waals surface area contributed by atoms with E-state index in [4.69, 9.17) is 4.74 Å². The number of Topliss-reactive ketones (excluding diaryl/α,β-unsaturated/α-hetero) is 1. The van der Waals surface area contributed by atoms with E-state index in [1.807, 2.05) is 50.1 Å². The largest absolute Gasteiger partial charge is 0.490 e. The number of carbonyl (C=O) groups excluding carboxylic acids is 1. The van der Waals surface area contributed by atoms with Crippen LogP contribution in [0.3, 0.4) is 0 Å². The Labute approximate surface area is 173 Å². The van der Waals surface area contributed by atoms with Gasteiger partial charge >= 0.3 is 0 Å². The fourth-order valence-corrected chi connectivity index (χ4v) is 3.58. The Hall–Kier alpha value is -2.77. The number of rotatable bonds is 7. The second kappa shape index (κ2) is 8.71. The maximum Gasteiger partial charge on any atom is 0.247 e. The molecule has 0 amide bonds. The predicted molar refractivity (Wildman–Crippen MR) is 118 cm³/mol. The first-order valence-electron chi connectivity index (χ1n) is 10.2. The van der Waals surface area contributed by atoms with E-state index >= 15 is 0 Å². The van der Waals surface area contributed by atoms with Crippen LogP contribution < -0.4 is 4.90 Å². The van der Waals surface area contributed by atoms with E-state index < -0.39 is 5.60 Å². The quantitative estimate of drug-likeness (QED) is 0.708. The molecular formula is C25H29NO3. The second-order valence-electron chi connectivity index (χ2n) is 7.77. The number of aliphatic hydroxyl groups is 1. The van der Waals surface area contributed by atoms with E-state index in [1.165, 1.54) is 0 Å². The molecule has 152 valence electrons. The SMILES string of the molecule is CCCCC1=C(OC(C)C)C(O)(C#CCN(C)c2cccc3ccccc23)C1=O. The normalized spacial score (nSPS) is 18.5. The average Bonchev–Trinajstić information content (AvgIpc) is 2.72. The fourth-order valence-electron chi connectivity index (χ4n) is 3.58. The average molecular weight is 392 g/mol. The van der Waals surface area contributed by atoms with Gasteiger partial charge in [0.05, 0.1) is 12.6 Å². The van der Waals surface area contributed by atoms with Crippen LogP contribution in [0.4, 0.5) is 5.69 Å². The van der Waals surface area contributed by atoms with E-state index in [9.17, 15) is 9.90 Å². The molecule has 0 saturated heterocycles. The van der Waals surface area contributed by atoms with Gasteiger partial charge in [0.15, 0.2) is 5.76 Å². The van der Waals surface area contributed by atoms with Crippen molar-refractivity contribution in [1.29, 1.82) is 0 Å². The molecule has 1 aliphatic carbocycles. The first kappa shape index (κ1) is 21.0. The molecule has 0 aliphatic heterocycles. The molecule has 4 nitrogen and oxygen atoms in total. The lowest BCUT2D eigenvalue weighted by molar-refractivity contribution is -0.135. The number of fused-ring (bicyclic) bond motifs is 1. The number of benzene rings is 2. The first-order valence-corrected chi connectivity index (χ1v) is 10.2. The number of hydrogen-bond donors (Lipinski definition) is 1. The molecule has 2 aromatic carbocycles. The van der Waals surface area contributed by atoms with Crippen molar-refractivity contribution in [2.45, 2.75) is 51.7 Å². The van der Waals surface area contributed by atoms with Crippen molar-refractivity contribution in [1.82, 2.24) is 0 Å². The van der Waals surface area contributed by atoms with Crippen molar-refractivity contribution in [2.24, 2.45) is 0 Å². The third kappa shape index (κ3) is 4.16. The van der Waals surface area contributed by atoms with Crippen molar-refractivity contribution < 1.29 is 14.6 Å². The molecule has 1 aliphatic rings. The number of hydrogen-bond acceptors (Lipinski definition) is 4. The van der Waals surface area contributed by atoms with Crippen molar-refractivity contribution in [2.75, 3.05) is 18.5 Å². The number of ether oxygens (including phenoxy) is 1. The maximum absolute atomic E-state index is 12.6. The highest BCUT2D eigenvalue weighted by Gasteiger charge is 2.53. The summed E-state index contributed by atoms with van der Waals surface area (Å²) < 4.78 is 5.77. The highest BCUT2D eigenvalue weighted by molar-refractivity contribution is 6.14. The highest BCUT2D eigenvalue weighted by Crippen LogP contribution is 2.39. The molecular weight excluding hydrogens is 362 g/mol. The fraction of sp³-hybridized carbons (Fsp3) is 0.400. The monoisotopic (exact) mass is 391 g/mol. The molecule has 0 spiro atoms. The molecule has 4 heteroatoms. The van der Waals surface area contributed by atoms with Gasteiger partial charge in [-0.1, -0.05) is 55.7 Å². The summed E-state index contributed by atoms with van der Waals surface area (Å²) in [5, 5.41) is 13.2. The van der Waals surface area contributed by atoms with Crippen LogP contribution in [-0.4, -0.2) is 36.2 Å². The third-order valence-electron chi connectivity index (χ3n) is 5.10. The molecule has 1 atom stereocenters. The van der Waals surface area contributed by atoms with Crippen molar-refractivity contribution in [3.8, 4) is 11.8 Å². The standard InChI is InChI=1S/C25H29NO3/c1-5-6-13-21-23(27)25(28,24(21)29-18(2)3)16-10-17-26(4)22-15-9-12-19-11-7-8-14-20(19)22/h7-9,11-12,14-15,18,28H,5-6,13,17H2,1-4H3. The Morgan fingerprint density at radius 1 is 1.17 bits per heavy atom. The van der Waals surface area contributed by atoms with Gasteiger partial charge in [-0.25, -0.2) is 0 Å². The molecule has 0 heterocycles. The smallest absolute Gasteiger partial charge is 0.247 e. The number of nitrogens with zero attached hydrogens (tertiary/aromatic N) is 1. The van der Waals surface area contributed by atoms with E-state index in [1.54, 1.807) is 0 Å². The summed E-state index contributed by atoms with van der Waals surface area (Å²) in [6.07, 6.45) is 2.36. The maximum atomic E-state index is 12.6. The van der Waals surface area contributed by atoms with Crippen LogP contribution in [0.1, 0.15) is 40.0 Å². The summed E-state index contributed by atoms with van der Waals surface area (Å²) in [5.74, 6) is 5.80. The molecule has 29 heavy (non-hydrogen) atoms. The molecule has 0 saturated carbocycles. The molecule has 1 unspecified atom stereocenters. The van der Waals surface area contributed by atoms with Gasteiger partial charge in [0.2, 0.25) is 11.4 Å². The minimum absolute atomic E-state index is 0.124. The van der Waals surface area contributed by atoms with Gasteiger partial charge in [-0.3, -0.25) is 4.79 Å². The van der Waals surface area contributed by atoms with Crippen LogP contribution in [0.15, 0.2) is 53.8 Å². The Morgan fingerprint density at radius 2 is 1.90 bits per heavy atom. The zero-order valence-electron chi connectivity index (χ0n) is 17.7. The minimum atomic E-state index is -1.81. The van der Waals surface area contributed by atoms with Gasteiger partial charge in [0, 0.05) is 23.7 Å². The van der Waals surface area contributed by atoms with Crippen molar-refractivity contribution in [3.05, 3.63) is 53.8 Å². The first-order chi connectivity index (χ1) is 13.9. The Kier molecular flexibility index (Phi) is 6.30. The van der Waals surface area contributed by atoms with Gasteiger partial charge in [-0.2, -0.15) is 0 Å². The van der Waals surface area contributed by atoms with Crippen LogP contribution in [0.2, 0.25) is 0 Å². The number of unbranched alkanes of at least 4 members (excludes halogenated alkanes) is 1. The number of ketones is 1. The van der Waals surface area contributed by atoms with E-state index in [-0.39, 0.29) is 11.9 Å². The molecule has 2 aromatic rings. The highest BCUT2D eigenvalue weighted by atomic mass is 16.5. The van der Waals surface area contributed by atoms with Crippen LogP contribution in [0.5, 0.6) is 0 Å². The summed E-state index contributed by atoms with van der Waals surface area (Å²) in [4.78, 5) is 14.6. The zero-order chi connectivity index (χ0) is 21.0. The topological polar surface area (TPSA) is 49.8 Å². The summed E-state index contributed by atoms with van der Waals surface area (Å²) in [5.41, 5.74) is -0.172. The minimum Gasteiger partial charge on any atom is -0.490 e. The number of anilines is 1. The predicted octanol–water partition coefficient (Wildman–Crippen LogP) is 4.46. The lowest BCUT2D eigenvalue weighted by Crippen LogP contribution is -2.51. The molecule has 1 N–H and O–H groups in total. The Morgan fingerprint density at radius 3 is 2.62 bits per heavy atom. The molecule has 0 fully saturated rings. The lowest BCUT2D eigenvalue weighted by atomic mass is 9.76. The van der Waals surface area contributed by atoms with Crippen molar-refractivity contribution >= 4 is 22.2 Å². The summed E-state index contributed by atoms with van der Waals surface area (Å²) in [6, 6.07) is 14.3. The van der Waals surface area contributed by atoms with Gasteiger partial charge in [-0.05, 0) is 44.1 Å². The van der Waals surface area contributed by atoms with E-state index in [2.05, 4.69) is 37.0 Å². The summed E-state index contributed by atoms with van der Waals surface area (Å²) in [7, 11) is 1.96. The molecule has 0 aromatic heterocycles. The molecule has 3 rings (SSSR count). The molecule has 0 radical (unpaired) electrons. The zero-order valence-corrected chi connectivity index (χ0v) is 17.7. The Bertz CT molecular complexity index is 991. The number of carbonyl (C=O) groups is 1. The van der Waals surface area contributed by atoms with Crippen molar-refractivity contribution in [3.63, 3.8) is 0 Å².